The van der Waals surface area contributed by atoms with Crippen molar-refractivity contribution in [1.29, 1.82) is 0 Å². The number of carbonyl (C=O) groups is 1. The fourth-order valence-electron chi connectivity index (χ4n) is 2.72. The second-order valence-electron chi connectivity index (χ2n) is 5.93. The summed E-state index contributed by atoms with van der Waals surface area (Å²) in [7, 11) is 0. The van der Waals surface area contributed by atoms with E-state index in [4.69, 9.17) is 4.74 Å². The van der Waals surface area contributed by atoms with E-state index in [0.29, 0.717) is 18.6 Å². The molecule has 1 heterocycles. The molecule has 0 saturated heterocycles. The van der Waals surface area contributed by atoms with E-state index in [1.54, 1.807) is 4.90 Å². The van der Waals surface area contributed by atoms with Crippen molar-refractivity contribution in [2.24, 2.45) is 5.92 Å². The highest BCUT2D eigenvalue weighted by atomic mass is 16.6. The lowest BCUT2D eigenvalue weighted by Gasteiger charge is -2.24. The Morgan fingerprint density at radius 1 is 1.43 bits per heavy atom. The molecule has 1 aromatic rings. The van der Waals surface area contributed by atoms with Crippen LogP contribution in [0.2, 0.25) is 0 Å². The molecule has 2 rings (SSSR count). The normalized spacial score (nSPS) is 18.3. The predicted octanol–water partition coefficient (Wildman–Crippen LogP) is 3.73. The standard InChI is InChI=1S/C17H26N2O2/c1-4-18-15-9-7-11-19(17(20)21-12-13(2)3)16-10-6-5-8-14(15)16/h5-6,8,10,13,15,18H,4,7,9,11-12H2,1-3H3. The number of hydrogen-bond acceptors (Lipinski definition) is 3. The zero-order valence-electron chi connectivity index (χ0n) is 13.3. The van der Waals surface area contributed by atoms with E-state index in [1.165, 1.54) is 5.56 Å². The van der Waals surface area contributed by atoms with E-state index in [1.807, 2.05) is 32.0 Å². The molecular formula is C17H26N2O2. The van der Waals surface area contributed by atoms with Crippen molar-refractivity contribution in [1.82, 2.24) is 5.32 Å². The molecule has 1 aliphatic heterocycles. The van der Waals surface area contributed by atoms with E-state index in [-0.39, 0.29) is 6.09 Å². The highest BCUT2D eigenvalue weighted by molar-refractivity contribution is 5.89. The maximum atomic E-state index is 12.4. The Hall–Kier alpha value is -1.55. The van der Waals surface area contributed by atoms with Gasteiger partial charge in [-0.2, -0.15) is 0 Å². The lowest BCUT2D eigenvalue weighted by molar-refractivity contribution is 0.140. The summed E-state index contributed by atoms with van der Waals surface area (Å²) in [6.45, 7) is 8.32. The molecule has 0 aliphatic carbocycles. The van der Waals surface area contributed by atoms with E-state index < -0.39 is 0 Å². The van der Waals surface area contributed by atoms with Gasteiger partial charge in [-0.25, -0.2) is 4.79 Å². The number of anilines is 1. The number of benzene rings is 1. The second kappa shape index (κ2) is 7.46. The monoisotopic (exact) mass is 290 g/mol. The van der Waals surface area contributed by atoms with Gasteiger partial charge in [0.05, 0.1) is 12.3 Å². The predicted molar refractivity (Wildman–Crippen MR) is 85.6 cm³/mol. The number of nitrogens with one attached hydrogen (secondary N) is 1. The molecule has 4 heteroatoms. The van der Waals surface area contributed by atoms with Gasteiger partial charge in [0.1, 0.15) is 0 Å². The van der Waals surface area contributed by atoms with Crippen molar-refractivity contribution < 1.29 is 9.53 Å². The Bertz CT molecular complexity index is 474. The second-order valence-corrected chi connectivity index (χ2v) is 5.93. The lowest BCUT2D eigenvalue weighted by atomic mass is 10.0. The van der Waals surface area contributed by atoms with Crippen LogP contribution in [-0.2, 0) is 4.74 Å². The molecule has 116 valence electrons. The topological polar surface area (TPSA) is 41.6 Å². The molecule has 4 nitrogen and oxygen atoms in total. The van der Waals surface area contributed by atoms with Crippen LogP contribution in [0.15, 0.2) is 24.3 Å². The van der Waals surface area contributed by atoms with Crippen LogP contribution in [0.5, 0.6) is 0 Å². The number of rotatable bonds is 4. The Kier molecular flexibility index (Phi) is 5.62. The third-order valence-corrected chi connectivity index (χ3v) is 3.69. The van der Waals surface area contributed by atoms with Crippen molar-refractivity contribution in [3.8, 4) is 0 Å². The van der Waals surface area contributed by atoms with Crippen LogP contribution in [0.3, 0.4) is 0 Å². The fraction of sp³-hybridized carbons (Fsp3) is 0.588. The van der Waals surface area contributed by atoms with Gasteiger partial charge in [-0.05, 0) is 36.9 Å². The maximum absolute atomic E-state index is 12.4. The van der Waals surface area contributed by atoms with Gasteiger partial charge < -0.3 is 10.1 Å². The third-order valence-electron chi connectivity index (χ3n) is 3.69. The van der Waals surface area contributed by atoms with Gasteiger partial charge >= 0.3 is 6.09 Å². The number of nitrogens with zero attached hydrogens (tertiary/aromatic N) is 1. The molecular weight excluding hydrogens is 264 g/mol. The first kappa shape index (κ1) is 15.8. The van der Waals surface area contributed by atoms with Gasteiger partial charge in [0.25, 0.3) is 0 Å². The highest BCUT2D eigenvalue weighted by Gasteiger charge is 2.26. The average Bonchev–Trinajstić information content (AvgIpc) is 2.65. The van der Waals surface area contributed by atoms with Crippen molar-refractivity contribution in [3.05, 3.63) is 29.8 Å². The smallest absolute Gasteiger partial charge is 0.414 e. The Morgan fingerprint density at radius 2 is 2.19 bits per heavy atom. The van der Waals surface area contributed by atoms with Gasteiger partial charge in [-0.3, -0.25) is 4.90 Å². The number of ether oxygens (including phenoxy) is 1. The molecule has 0 bridgehead atoms. The molecule has 1 unspecified atom stereocenters. The van der Waals surface area contributed by atoms with E-state index in [0.717, 1.165) is 31.6 Å². The first-order valence-corrected chi connectivity index (χ1v) is 7.90. The molecule has 1 atom stereocenters. The highest BCUT2D eigenvalue weighted by Crippen LogP contribution is 2.33. The van der Waals surface area contributed by atoms with Crippen LogP contribution in [0, 0.1) is 5.92 Å². The zero-order chi connectivity index (χ0) is 15.2. The van der Waals surface area contributed by atoms with Gasteiger partial charge in [0.2, 0.25) is 0 Å². The molecule has 0 saturated carbocycles. The molecule has 1 aliphatic rings. The van der Waals surface area contributed by atoms with Gasteiger partial charge in [0, 0.05) is 12.6 Å². The van der Waals surface area contributed by atoms with Gasteiger partial charge in [-0.15, -0.1) is 0 Å². The zero-order valence-corrected chi connectivity index (χ0v) is 13.3. The summed E-state index contributed by atoms with van der Waals surface area (Å²) in [6.07, 6.45) is 1.79. The van der Waals surface area contributed by atoms with E-state index >= 15 is 0 Å². The van der Waals surface area contributed by atoms with Crippen LogP contribution < -0.4 is 10.2 Å². The van der Waals surface area contributed by atoms with Gasteiger partial charge in [0.15, 0.2) is 0 Å². The number of para-hydroxylation sites is 1. The number of hydrogen-bond donors (Lipinski definition) is 1. The molecule has 21 heavy (non-hydrogen) atoms. The quantitative estimate of drug-likeness (QED) is 0.918. The van der Waals surface area contributed by atoms with Crippen molar-refractivity contribution in [2.75, 3.05) is 24.6 Å². The lowest BCUT2D eigenvalue weighted by Crippen LogP contribution is -2.33. The number of carbonyl (C=O) groups excluding carboxylic acids is 1. The van der Waals surface area contributed by atoms with Crippen molar-refractivity contribution in [2.45, 2.75) is 39.7 Å². The summed E-state index contributed by atoms with van der Waals surface area (Å²) in [5.41, 5.74) is 2.17. The van der Waals surface area contributed by atoms with Crippen LogP contribution in [-0.4, -0.2) is 25.8 Å². The molecule has 0 aromatic heterocycles. The summed E-state index contributed by atoms with van der Waals surface area (Å²) in [5, 5.41) is 3.51. The van der Waals surface area contributed by atoms with Crippen LogP contribution >= 0.6 is 0 Å². The number of amides is 1. The minimum Gasteiger partial charge on any atom is -0.449 e. The summed E-state index contributed by atoms with van der Waals surface area (Å²) in [6, 6.07) is 8.45. The molecule has 0 spiro atoms. The van der Waals surface area contributed by atoms with Crippen molar-refractivity contribution in [3.63, 3.8) is 0 Å². The summed E-state index contributed by atoms with van der Waals surface area (Å²) in [5.74, 6) is 0.352. The molecule has 0 radical (unpaired) electrons. The van der Waals surface area contributed by atoms with E-state index in [9.17, 15) is 4.79 Å². The largest absolute Gasteiger partial charge is 0.449 e. The van der Waals surface area contributed by atoms with Crippen LogP contribution in [0.4, 0.5) is 10.5 Å². The van der Waals surface area contributed by atoms with E-state index in [2.05, 4.69) is 18.3 Å². The number of fused-ring (bicyclic) bond motifs is 1. The summed E-state index contributed by atoms with van der Waals surface area (Å²) >= 11 is 0. The Morgan fingerprint density at radius 3 is 2.90 bits per heavy atom. The summed E-state index contributed by atoms with van der Waals surface area (Å²) < 4.78 is 5.42. The van der Waals surface area contributed by atoms with Crippen molar-refractivity contribution >= 4 is 11.8 Å². The minimum atomic E-state index is -0.228. The molecule has 1 N–H and O–H groups in total. The molecule has 1 aromatic carbocycles. The van der Waals surface area contributed by atoms with Crippen LogP contribution in [0.1, 0.15) is 45.2 Å². The minimum absolute atomic E-state index is 0.228. The molecule has 1 amide bonds. The van der Waals surface area contributed by atoms with Gasteiger partial charge in [-0.1, -0.05) is 39.0 Å². The third kappa shape index (κ3) is 3.97. The SMILES string of the molecule is CCNC1CCCN(C(=O)OCC(C)C)c2ccccc21. The Labute approximate surface area is 127 Å². The summed E-state index contributed by atoms with van der Waals surface area (Å²) in [4.78, 5) is 14.2. The first-order chi connectivity index (χ1) is 10.1. The van der Waals surface area contributed by atoms with Crippen LogP contribution in [0.25, 0.3) is 0 Å². The average molecular weight is 290 g/mol. The molecule has 0 fully saturated rings. The Balaban J connectivity index is 2.22. The first-order valence-electron chi connectivity index (χ1n) is 7.90. The maximum Gasteiger partial charge on any atom is 0.414 e. The fourth-order valence-corrected chi connectivity index (χ4v) is 2.72.